The summed E-state index contributed by atoms with van der Waals surface area (Å²) in [6.45, 7) is 2.53. The zero-order valence-electron chi connectivity index (χ0n) is 19.3. The van der Waals surface area contributed by atoms with Crippen molar-refractivity contribution < 1.29 is 13.6 Å². The van der Waals surface area contributed by atoms with Gasteiger partial charge in [0.2, 0.25) is 5.89 Å². The van der Waals surface area contributed by atoms with Crippen molar-refractivity contribution in [3.63, 3.8) is 0 Å². The highest BCUT2D eigenvalue weighted by Gasteiger charge is 2.42. The van der Waals surface area contributed by atoms with Crippen LogP contribution in [0.15, 0.2) is 51.7 Å². The predicted molar refractivity (Wildman–Crippen MR) is 130 cm³/mol. The molecule has 10 nitrogen and oxygen atoms in total. The molecule has 0 unspecified atom stereocenters. The van der Waals surface area contributed by atoms with Crippen LogP contribution in [0.2, 0.25) is 5.02 Å². The number of pyridine rings is 1. The maximum atomic E-state index is 14.4. The smallest absolute Gasteiger partial charge is 0.392 e. The first kappa shape index (κ1) is 23.7. The van der Waals surface area contributed by atoms with E-state index in [1.807, 2.05) is 31.2 Å². The van der Waals surface area contributed by atoms with Crippen molar-refractivity contribution in [1.29, 1.82) is 0 Å². The lowest BCUT2D eigenvalue weighted by atomic mass is 9.74. The van der Waals surface area contributed by atoms with Gasteiger partial charge in [0.05, 0.1) is 16.0 Å². The number of hydrogen-bond donors (Lipinski definition) is 3. The second-order valence-corrected chi connectivity index (χ2v) is 9.25. The second kappa shape index (κ2) is 9.57. The van der Waals surface area contributed by atoms with Gasteiger partial charge >= 0.3 is 5.76 Å². The summed E-state index contributed by atoms with van der Waals surface area (Å²) in [5.41, 5.74) is 0.909. The molecule has 186 valence electrons. The van der Waals surface area contributed by atoms with E-state index in [0.717, 1.165) is 11.4 Å². The van der Waals surface area contributed by atoms with E-state index in [1.165, 1.54) is 12.1 Å². The standard InChI is InChI=1S/C24H23ClFN7O3/c1-14-12-19(30-29-14)28-18-7-2-4-15(27-18)13-24(22-31-32-23(35)36-22)8-10-33(11-9-24)21(34)16-5-3-6-17(25)20(16)26/h2-7,12H,8-11,13H2,1H3,(H,32,35)(H2,27,28,29,30). The van der Waals surface area contributed by atoms with Gasteiger partial charge in [-0.05, 0) is 44.0 Å². The van der Waals surface area contributed by atoms with Crippen LogP contribution in [0, 0.1) is 12.7 Å². The average Bonchev–Trinajstić information content (AvgIpc) is 3.49. The fourth-order valence-corrected chi connectivity index (χ4v) is 4.68. The first-order chi connectivity index (χ1) is 17.3. The van der Waals surface area contributed by atoms with Gasteiger partial charge in [-0.2, -0.15) is 5.10 Å². The Balaban J connectivity index is 1.38. The average molecular weight is 512 g/mol. The first-order valence-corrected chi connectivity index (χ1v) is 11.7. The van der Waals surface area contributed by atoms with E-state index < -0.39 is 22.9 Å². The molecular formula is C24H23ClFN7O3. The molecule has 1 amide bonds. The van der Waals surface area contributed by atoms with E-state index in [0.29, 0.717) is 44.0 Å². The Morgan fingerprint density at radius 2 is 1.94 bits per heavy atom. The minimum absolute atomic E-state index is 0.0738. The van der Waals surface area contributed by atoms with Gasteiger partial charge in [0.25, 0.3) is 5.91 Å². The molecule has 0 spiro atoms. The van der Waals surface area contributed by atoms with E-state index in [1.54, 1.807) is 11.0 Å². The summed E-state index contributed by atoms with van der Waals surface area (Å²) in [5, 5.41) is 16.5. The molecule has 1 aliphatic rings. The number of amides is 1. The number of nitrogens with one attached hydrogen (secondary N) is 3. The number of hydrogen-bond acceptors (Lipinski definition) is 7. The van der Waals surface area contributed by atoms with Crippen LogP contribution < -0.4 is 11.1 Å². The number of carbonyl (C=O) groups is 1. The number of H-pyrrole nitrogens is 2. The Morgan fingerprint density at radius 1 is 1.17 bits per heavy atom. The normalized spacial score (nSPS) is 15.1. The van der Waals surface area contributed by atoms with Gasteiger partial charge in [-0.25, -0.2) is 19.3 Å². The Hall–Kier alpha value is -3.99. The monoisotopic (exact) mass is 511 g/mol. The minimum atomic E-state index is -0.736. The number of anilines is 2. The number of benzene rings is 1. The van der Waals surface area contributed by atoms with Gasteiger partial charge in [-0.1, -0.05) is 23.7 Å². The van der Waals surface area contributed by atoms with Crippen molar-refractivity contribution >= 4 is 29.1 Å². The molecule has 3 aromatic heterocycles. The highest BCUT2D eigenvalue weighted by Crippen LogP contribution is 2.38. The van der Waals surface area contributed by atoms with Crippen molar-refractivity contribution in [1.82, 2.24) is 30.3 Å². The zero-order chi connectivity index (χ0) is 25.3. The molecular weight excluding hydrogens is 489 g/mol. The minimum Gasteiger partial charge on any atom is -0.392 e. The Kier molecular flexibility index (Phi) is 6.31. The molecule has 0 saturated carbocycles. The third kappa shape index (κ3) is 4.74. The lowest BCUT2D eigenvalue weighted by Gasteiger charge is -2.39. The second-order valence-electron chi connectivity index (χ2n) is 8.84. The van der Waals surface area contributed by atoms with E-state index in [4.69, 9.17) is 21.0 Å². The number of carbonyl (C=O) groups excluding carboxylic acids is 1. The number of aryl methyl sites for hydroxylation is 1. The fraction of sp³-hybridized carbons (Fsp3) is 0.292. The number of likely N-dealkylation sites (tertiary alicyclic amines) is 1. The molecule has 0 bridgehead atoms. The number of nitrogens with zero attached hydrogens (tertiary/aromatic N) is 4. The van der Waals surface area contributed by atoms with Gasteiger partial charge < -0.3 is 14.6 Å². The predicted octanol–water partition coefficient (Wildman–Crippen LogP) is 3.74. The molecule has 3 N–H and O–H groups in total. The lowest BCUT2D eigenvalue weighted by Crippen LogP contribution is -2.46. The SMILES string of the molecule is Cc1cc(Nc2cccc(CC3(c4n[nH]c(=O)o4)CCN(C(=O)c4cccc(Cl)c4F)CC3)n2)n[nH]1. The van der Waals surface area contributed by atoms with Crippen LogP contribution in [0.5, 0.6) is 0 Å². The number of piperidine rings is 1. The largest absolute Gasteiger partial charge is 0.434 e. The Labute approximate surface area is 209 Å². The van der Waals surface area contributed by atoms with Crippen LogP contribution in [0.3, 0.4) is 0 Å². The van der Waals surface area contributed by atoms with Crippen LogP contribution >= 0.6 is 11.6 Å². The van der Waals surface area contributed by atoms with E-state index >= 15 is 0 Å². The van der Waals surface area contributed by atoms with Crippen LogP contribution in [0.4, 0.5) is 16.0 Å². The van der Waals surface area contributed by atoms with Crippen LogP contribution in [-0.2, 0) is 11.8 Å². The van der Waals surface area contributed by atoms with Crippen molar-refractivity contribution in [2.45, 2.75) is 31.6 Å². The van der Waals surface area contributed by atoms with Crippen molar-refractivity contribution in [3.8, 4) is 0 Å². The Morgan fingerprint density at radius 3 is 2.64 bits per heavy atom. The summed E-state index contributed by atoms with van der Waals surface area (Å²) < 4.78 is 19.8. The van der Waals surface area contributed by atoms with Gasteiger partial charge in [-0.3, -0.25) is 9.89 Å². The number of rotatable bonds is 6. The quantitative estimate of drug-likeness (QED) is 0.359. The van der Waals surface area contributed by atoms with Crippen molar-refractivity contribution in [3.05, 3.63) is 86.7 Å². The van der Waals surface area contributed by atoms with E-state index in [9.17, 15) is 14.0 Å². The van der Waals surface area contributed by atoms with Crippen molar-refractivity contribution in [2.75, 3.05) is 18.4 Å². The molecule has 4 aromatic rings. The Bertz CT molecular complexity index is 1460. The molecule has 1 aliphatic heterocycles. The molecule has 0 atom stereocenters. The zero-order valence-corrected chi connectivity index (χ0v) is 20.1. The third-order valence-electron chi connectivity index (χ3n) is 6.37. The van der Waals surface area contributed by atoms with Gasteiger partial charge in [0.1, 0.15) is 5.82 Å². The molecule has 36 heavy (non-hydrogen) atoms. The maximum Gasteiger partial charge on any atom is 0.434 e. The summed E-state index contributed by atoms with van der Waals surface area (Å²) in [5.74, 6) is -0.310. The molecule has 5 rings (SSSR count). The summed E-state index contributed by atoms with van der Waals surface area (Å²) in [6, 6.07) is 11.8. The molecule has 1 saturated heterocycles. The lowest BCUT2D eigenvalue weighted by molar-refractivity contribution is 0.0636. The summed E-state index contributed by atoms with van der Waals surface area (Å²) in [7, 11) is 0. The molecule has 1 aromatic carbocycles. The van der Waals surface area contributed by atoms with E-state index in [-0.39, 0.29) is 16.5 Å². The van der Waals surface area contributed by atoms with Gasteiger partial charge in [-0.15, -0.1) is 5.10 Å². The molecule has 12 heteroatoms. The summed E-state index contributed by atoms with van der Waals surface area (Å²) in [4.78, 5) is 31.1. The van der Waals surface area contributed by atoms with Gasteiger partial charge in [0, 0.05) is 37.0 Å². The summed E-state index contributed by atoms with van der Waals surface area (Å²) in [6.07, 6.45) is 1.29. The van der Waals surface area contributed by atoms with Crippen LogP contribution in [0.1, 0.15) is 40.5 Å². The molecule has 0 aliphatic carbocycles. The van der Waals surface area contributed by atoms with Crippen LogP contribution in [-0.4, -0.2) is 49.3 Å². The van der Waals surface area contributed by atoms with Crippen molar-refractivity contribution in [2.24, 2.45) is 0 Å². The molecule has 0 radical (unpaired) electrons. The summed E-state index contributed by atoms with van der Waals surface area (Å²) >= 11 is 5.86. The van der Waals surface area contributed by atoms with Gasteiger partial charge in [0.15, 0.2) is 11.6 Å². The highest BCUT2D eigenvalue weighted by atomic mass is 35.5. The maximum absolute atomic E-state index is 14.4. The van der Waals surface area contributed by atoms with E-state index in [2.05, 4.69) is 25.7 Å². The third-order valence-corrected chi connectivity index (χ3v) is 6.66. The topological polar surface area (TPSA) is 133 Å². The number of aromatic nitrogens is 5. The number of halogens is 2. The fourth-order valence-electron chi connectivity index (χ4n) is 4.51. The first-order valence-electron chi connectivity index (χ1n) is 11.4. The molecule has 1 fully saturated rings. The number of aromatic amines is 2. The highest BCUT2D eigenvalue weighted by molar-refractivity contribution is 6.31. The van der Waals surface area contributed by atoms with Crippen LogP contribution in [0.25, 0.3) is 0 Å². The molecule has 4 heterocycles.